The van der Waals surface area contributed by atoms with Crippen LogP contribution < -0.4 is 0 Å². The first-order valence-corrected chi connectivity index (χ1v) is 6.03. The lowest BCUT2D eigenvalue weighted by Gasteiger charge is -2.35. The van der Waals surface area contributed by atoms with E-state index in [4.69, 9.17) is 9.84 Å². The number of amides is 1. The minimum Gasteiger partial charge on any atom is -0.481 e. The van der Waals surface area contributed by atoms with Crippen molar-refractivity contribution in [3.63, 3.8) is 0 Å². The zero-order valence-electron chi connectivity index (χ0n) is 10.7. The van der Waals surface area contributed by atoms with Crippen LogP contribution in [0.2, 0.25) is 0 Å². The topological polar surface area (TPSA) is 66.8 Å². The van der Waals surface area contributed by atoms with E-state index in [0.29, 0.717) is 19.5 Å². The number of carbonyl (C=O) groups is 2. The van der Waals surface area contributed by atoms with Crippen LogP contribution in [0.25, 0.3) is 0 Å². The molecule has 0 bridgehead atoms. The van der Waals surface area contributed by atoms with E-state index in [0.717, 1.165) is 0 Å². The summed E-state index contributed by atoms with van der Waals surface area (Å²) in [5, 5.41) is 8.65. The van der Waals surface area contributed by atoms with Crippen LogP contribution in [-0.4, -0.2) is 47.2 Å². The Morgan fingerprint density at radius 2 is 1.82 bits per heavy atom. The average molecular weight is 243 g/mol. The van der Waals surface area contributed by atoms with Crippen LogP contribution in [0.15, 0.2) is 0 Å². The van der Waals surface area contributed by atoms with Gasteiger partial charge in [-0.2, -0.15) is 0 Å². The van der Waals surface area contributed by atoms with Crippen LogP contribution in [0.1, 0.15) is 33.6 Å². The summed E-state index contributed by atoms with van der Waals surface area (Å²) in [6.07, 6.45) is 0.447. The fraction of sp³-hybridized carbons (Fsp3) is 0.833. The Morgan fingerprint density at radius 3 is 2.29 bits per heavy atom. The van der Waals surface area contributed by atoms with Gasteiger partial charge in [-0.25, -0.2) is 0 Å². The number of nitrogens with zero attached hydrogens (tertiary/aromatic N) is 1. The lowest BCUT2D eigenvalue weighted by atomic mass is 10.0. The number of ether oxygens (including phenoxy) is 1. The first-order valence-electron chi connectivity index (χ1n) is 6.03. The van der Waals surface area contributed by atoms with Crippen molar-refractivity contribution in [3.05, 3.63) is 0 Å². The molecule has 0 radical (unpaired) electrons. The Bertz CT molecular complexity index is 282. The summed E-state index contributed by atoms with van der Waals surface area (Å²) in [6, 6.07) is 0. The number of hydrogen-bond donors (Lipinski definition) is 1. The van der Waals surface area contributed by atoms with Gasteiger partial charge < -0.3 is 14.7 Å². The predicted molar refractivity (Wildman–Crippen MR) is 62.6 cm³/mol. The van der Waals surface area contributed by atoms with Gasteiger partial charge in [0.2, 0.25) is 5.91 Å². The molecule has 98 valence electrons. The quantitative estimate of drug-likeness (QED) is 0.803. The van der Waals surface area contributed by atoms with E-state index < -0.39 is 5.97 Å². The Balaban J connectivity index is 2.43. The van der Waals surface area contributed by atoms with Crippen LogP contribution in [0.5, 0.6) is 0 Å². The van der Waals surface area contributed by atoms with Crippen LogP contribution in [0.3, 0.4) is 0 Å². The monoisotopic (exact) mass is 243 g/mol. The van der Waals surface area contributed by atoms with Gasteiger partial charge >= 0.3 is 5.97 Å². The van der Waals surface area contributed by atoms with Gasteiger partial charge in [-0.3, -0.25) is 9.59 Å². The van der Waals surface area contributed by atoms with Gasteiger partial charge in [0.1, 0.15) is 0 Å². The smallest absolute Gasteiger partial charge is 0.303 e. The summed E-state index contributed by atoms with van der Waals surface area (Å²) in [7, 11) is 0. The second kappa shape index (κ2) is 6.00. The van der Waals surface area contributed by atoms with Gasteiger partial charge in [-0.1, -0.05) is 6.92 Å². The molecule has 0 unspecified atom stereocenters. The first-order chi connectivity index (χ1) is 7.88. The molecule has 5 nitrogen and oxygen atoms in total. The van der Waals surface area contributed by atoms with Crippen LogP contribution in [0.4, 0.5) is 0 Å². The number of morpholine rings is 1. The van der Waals surface area contributed by atoms with Gasteiger partial charge in [-0.15, -0.1) is 0 Å². The van der Waals surface area contributed by atoms with Crippen molar-refractivity contribution in [2.24, 2.45) is 5.92 Å². The SMILES string of the molecule is C[C@@H](CC(=O)O)CC(=O)N1C[C@@H](C)O[C@H](C)C1. The van der Waals surface area contributed by atoms with Crippen molar-refractivity contribution in [2.45, 2.75) is 45.8 Å². The molecule has 1 heterocycles. The van der Waals surface area contributed by atoms with E-state index in [9.17, 15) is 9.59 Å². The number of carbonyl (C=O) groups excluding carboxylic acids is 1. The summed E-state index contributed by atoms with van der Waals surface area (Å²) < 4.78 is 5.55. The number of carboxylic acid groups (broad SMARTS) is 1. The second-order valence-corrected chi connectivity index (χ2v) is 4.96. The molecule has 0 aromatic carbocycles. The third-order valence-electron chi connectivity index (χ3n) is 2.82. The fourth-order valence-corrected chi connectivity index (χ4v) is 2.18. The third-order valence-corrected chi connectivity index (χ3v) is 2.82. The normalized spacial score (nSPS) is 26.6. The molecular weight excluding hydrogens is 222 g/mol. The number of hydrogen-bond acceptors (Lipinski definition) is 3. The molecular formula is C12H21NO4. The molecule has 0 saturated carbocycles. The maximum Gasteiger partial charge on any atom is 0.303 e. The molecule has 0 aromatic heterocycles. The van der Waals surface area contributed by atoms with E-state index in [1.165, 1.54) is 0 Å². The largest absolute Gasteiger partial charge is 0.481 e. The van der Waals surface area contributed by atoms with E-state index in [-0.39, 0.29) is 30.5 Å². The average Bonchev–Trinajstić information content (AvgIpc) is 2.14. The summed E-state index contributed by atoms with van der Waals surface area (Å²) in [5.74, 6) is -0.941. The maximum absolute atomic E-state index is 12.0. The zero-order chi connectivity index (χ0) is 13.0. The first kappa shape index (κ1) is 14.0. The van der Waals surface area contributed by atoms with Crippen molar-refractivity contribution >= 4 is 11.9 Å². The standard InChI is InChI=1S/C12H21NO4/c1-8(5-12(15)16)4-11(14)13-6-9(2)17-10(3)7-13/h8-10H,4-7H2,1-3H3,(H,15,16)/t8-,9-,10-/m1/s1. The van der Waals surface area contributed by atoms with Gasteiger partial charge in [0, 0.05) is 25.9 Å². The van der Waals surface area contributed by atoms with Crippen LogP contribution in [-0.2, 0) is 14.3 Å². The molecule has 0 spiro atoms. The van der Waals surface area contributed by atoms with Crippen molar-refractivity contribution in [2.75, 3.05) is 13.1 Å². The molecule has 1 aliphatic heterocycles. The van der Waals surface area contributed by atoms with Gasteiger partial charge in [0.15, 0.2) is 0 Å². The molecule has 17 heavy (non-hydrogen) atoms. The van der Waals surface area contributed by atoms with Crippen LogP contribution in [0, 0.1) is 5.92 Å². The van der Waals surface area contributed by atoms with Gasteiger partial charge in [-0.05, 0) is 19.8 Å². The minimum atomic E-state index is -0.853. The lowest BCUT2D eigenvalue weighted by molar-refractivity contribution is -0.144. The second-order valence-electron chi connectivity index (χ2n) is 4.96. The highest BCUT2D eigenvalue weighted by Gasteiger charge is 2.26. The third kappa shape index (κ3) is 4.73. The molecule has 5 heteroatoms. The minimum absolute atomic E-state index is 0.0285. The van der Waals surface area contributed by atoms with Crippen molar-refractivity contribution < 1.29 is 19.4 Å². The summed E-state index contributed by atoms with van der Waals surface area (Å²) in [5.41, 5.74) is 0. The maximum atomic E-state index is 12.0. The number of rotatable bonds is 4. The van der Waals surface area contributed by atoms with Crippen molar-refractivity contribution in [1.82, 2.24) is 4.90 Å². The number of carboxylic acids is 1. The Hall–Kier alpha value is -1.10. The highest BCUT2D eigenvalue weighted by molar-refractivity contribution is 5.77. The summed E-state index contributed by atoms with van der Waals surface area (Å²) >= 11 is 0. The molecule has 1 aliphatic rings. The molecule has 3 atom stereocenters. The molecule has 1 saturated heterocycles. The van der Waals surface area contributed by atoms with E-state index in [2.05, 4.69) is 0 Å². The Morgan fingerprint density at radius 1 is 1.29 bits per heavy atom. The molecule has 0 aliphatic carbocycles. The van der Waals surface area contributed by atoms with E-state index in [1.54, 1.807) is 11.8 Å². The lowest BCUT2D eigenvalue weighted by Crippen LogP contribution is -2.48. The molecule has 1 N–H and O–H groups in total. The van der Waals surface area contributed by atoms with Gasteiger partial charge in [0.25, 0.3) is 0 Å². The molecule has 1 rings (SSSR count). The van der Waals surface area contributed by atoms with Gasteiger partial charge in [0.05, 0.1) is 12.2 Å². The molecule has 1 fully saturated rings. The highest BCUT2D eigenvalue weighted by Crippen LogP contribution is 2.15. The van der Waals surface area contributed by atoms with Crippen LogP contribution >= 0.6 is 0 Å². The highest BCUT2D eigenvalue weighted by atomic mass is 16.5. The van der Waals surface area contributed by atoms with Crippen molar-refractivity contribution in [1.29, 1.82) is 0 Å². The summed E-state index contributed by atoms with van der Waals surface area (Å²) in [4.78, 5) is 24.3. The predicted octanol–water partition coefficient (Wildman–Crippen LogP) is 1.12. The number of aliphatic carboxylic acids is 1. The van der Waals surface area contributed by atoms with E-state index >= 15 is 0 Å². The fourth-order valence-electron chi connectivity index (χ4n) is 2.18. The molecule has 0 aromatic rings. The van der Waals surface area contributed by atoms with E-state index in [1.807, 2.05) is 13.8 Å². The Labute approximate surface area is 102 Å². The zero-order valence-corrected chi connectivity index (χ0v) is 10.7. The summed E-state index contributed by atoms with van der Waals surface area (Å²) in [6.45, 7) is 6.87. The molecule has 1 amide bonds. The Kier molecular flexibility index (Phi) is 4.93. The van der Waals surface area contributed by atoms with Crippen molar-refractivity contribution in [3.8, 4) is 0 Å².